The molecule has 23 heavy (non-hydrogen) atoms. The molecule has 0 aromatic carbocycles. The smallest absolute Gasteiger partial charge is 0.480 e. The molecule has 8 heteroatoms. The van der Waals surface area contributed by atoms with E-state index in [1.165, 1.54) is 25.2 Å². The summed E-state index contributed by atoms with van der Waals surface area (Å²) >= 11 is 0. The van der Waals surface area contributed by atoms with Crippen LogP contribution in [0, 0.1) is 12.3 Å². The Hall–Kier alpha value is -2.53. The molecule has 0 aromatic heterocycles. The third kappa shape index (κ3) is 5.00. The fourth-order valence-corrected chi connectivity index (χ4v) is 1.95. The maximum Gasteiger partial charge on any atom is 0.523 e. The van der Waals surface area contributed by atoms with E-state index < -0.39 is 29.9 Å². The lowest BCUT2D eigenvalue weighted by molar-refractivity contribution is -0.347. The second-order valence-corrected chi connectivity index (χ2v) is 4.85. The van der Waals surface area contributed by atoms with Crippen LogP contribution in [0.25, 0.3) is 0 Å². The number of nitrogens with zero attached hydrogens (tertiary/aromatic N) is 1. The number of alkyl halides is 3. The number of hydrogen-bond donors (Lipinski definition) is 1. The van der Waals surface area contributed by atoms with Gasteiger partial charge in [-0.3, -0.25) is 14.4 Å². The van der Waals surface area contributed by atoms with Crippen molar-refractivity contribution < 1.29 is 32.6 Å². The summed E-state index contributed by atoms with van der Waals surface area (Å²) in [5, 5.41) is 9.07. The number of aliphatic carboxylic acids is 1. The summed E-state index contributed by atoms with van der Waals surface area (Å²) in [6, 6.07) is -1.37. The molecular weight excluding hydrogens is 315 g/mol. The first kappa shape index (κ1) is 18.5. The highest BCUT2D eigenvalue weighted by Crippen LogP contribution is 2.30. The Balaban J connectivity index is 3.34. The van der Waals surface area contributed by atoms with E-state index in [-0.39, 0.29) is 5.70 Å². The van der Waals surface area contributed by atoms with Crippen LogP contribution in [0.2, 0.25) is 0 Å². The molecule has 2 atom stereocenters. The lowest BCUT2D eigenvalue weighted by Crippen LogP contribution is -2.42. The van der Waals surface area contributed by atoms with Crippen LogP contribution in [0.4, 0.5) is 13.2 Å². The Morgan fingerprint density at radius 1 is 1.43 bits per heavy atom. The molecule has 1 aliphatic rings. The molecule has 0 fully saturated rings. The van der Waals surface area contributed by atoms with Gasteiger partial charge in [-0.2, -0.15) is 0 Å². The van der Waals surface area contributed by atoms with Crippen LogP contribution in [0.3, 0.4) is 0 Å². The number of carbonyl (C=O) groups is 2. The number of amides is 1. The summed E-state index contributed by atoms with van der Waals surface area (Å²) in [4.78, 5) is 23.7. The minimum atomic E-state index is -4.93. The van der Waals surface area contributed by atoms with Gasteiger partial charge >= 0.3 is 18.2 Å². The second-order valence-electron chi connectivity index (χ2n) is 4.85. The number of carboxylic acid groups (broad SMARTS) is 1. The van der Waals surface area contributed by atoms with Gasteiger partial charge in [-0.1, -0.05) is 12.2 Å². The molecule has 0 spiro atoms. The van der Waals surface area contributed by atoms with Crippen LogP contribution in [-0.4, -0.2) is 39.9 Å². The Morgan fingerprint density at radius 2 is 2.04 bits per heavy atom. The fourth-order valence-electron chi connectivity index (χ4n) is 1.95. The molecule has 1 aliphatic carbocycles. The molecule has 0 aromatic rings. The van der Waals surface area contributed by atoms with Gasteiger partial charge in [-0.15, -0.1) is 19.6 Å². The standard InChI is InChI=1S/C15H14F3NO4/c1-4-12(20)19(10(2)13(21)22)11-7-5-6-8-14(3,9-11)23-15(16,17)18/h1,5-10H,2-3H3,(H,21,22)/t10-,14?/m1/s1. The Bertz CT molecular complexity index is 628. The van der Waals surface area contributed by atoms with E-state index >= 15 is 0 Å². The summed E-state index contributed by atoms with van der Waals surface area (Å²) in [5.74, 6) is -0.596. The number of terminal acetylenes is 1. The quantitative estimate of drug-likeness (QED) is 0.803. The number of rotatable bonds is 4. The van der Waals surface area contributed by atoms with E-state index in [1.807, 2.05) is 0 Å². The van der Waals surface area contributed by atoms with Crippen molar-refractivity contribution in [3.8, 4) is 12.3 Å². The van der Waals surface area contributed by atoms with E-state index in [2.05, 4.69) is 4.74 Å². The van der Waals surface area contributed by atoms with E-state index in [1.54, 1.807) is 5.92 Å². The van der Waals surface area contributed by atoms with Gasteiger partial charge in [0.2, 0.25) is 0 Å². The molecule has 1 amide bonds. The molecule has 0 bridgehead atoms. The van der Waals surface area contributed by atoms with Gasteiger partial charge in [0, 0.05) is 5.70 Å². The van der Waals surface area contributed by atoms with Crippen molar-refractivity contribution >= 4 is 11.9 Å². The van der Waals surface area contributed by atoms with Crippen LogP contribution >= 0.6 is 0 Å². The van der Waals surface area contributed by atoms with Crippen LogP contribution in [0.15, 0.2) is 36.1 Å². The maximum absolute atomic E-state index is 12.5. The largest absolute Gasteiger partial charge is 0.523 e. The highest BCUT2D eigenvalue weighted by Gasteiger charge is 2.39. The topological polar surface area (TPSA) is 66.8 Å². The van der Waals surface area contributed by atoms with Crippen molar-refractivity contribution in [2.45, 2.75) is 31.9 Å². The van der Waals surface area contributed by atoms with Crippen LogP contribution < -0.4 is 0 Å². The Kier molecular flexibility index (Phi) is 5.40. The Labute approximate surface area is 130 Å². The van der Waals surface area contributed by atoms with Gasteiger partial charge in [0.25, 0.3) is 0 Å². The summed E-state index contributed by atoms with van der Waals surface area (Å²) < 4.78 is 41.7. The van der Waals surface area contributed by atoms with Crippen molar-refractivity contribution in [1.29, 1.82) is 0 Å². The summed E-state index contributed by atoms with van der Waals surface area (Å²) in [6.07, 6.45) is 6.10. The molecule has 124 valence electrons. The molecule has 0 aliphatic heterocycles. The predicted octanol–water partition coefficient (Wildman–Crippen LogP) is 2.23. The molecule has 0 saturated heterocycles. The third-order valence-electron chi connectivity index (χ3n) is 2.94. The Morgan fingerprint density at radius 3 is 2.52 bits per heavy atom. The van der Waals surface area contributed by atoms with Crippen LogP contribution in [0.5, 0.6) is 0 Å². The first-order valence-corrected chi connectivity index (χ1v) is 6.37. The molecule has 1 rings (SSSR count). The normalized spacial score (nSPS) is 21.8. The third-order valence-corrected chi connectivity index (χ3v) is 2.94. The van der Waals surface area contributed by atoms with Gasteiger partial charge in [0.05, 0.1) is 0 Å². The number of ether oxygens (including phenoxy) is 1. The zero-order valence-corrected chi connectivity index (χ0v) is 12.3. The van der Waals surface area contributed by atoms with Gasteiger partial charge in [-0.05, 0) is 38.0 Å². The average Bonchev–Trinajstić information content (AvgIpc) is 2.58. The molecule has 0 heterocycles. The van der Waals surface area contributed by atoms with Crippen molar-refractivity contribution in [3.05, 3.63) is 36.1 Å². The number of carbonyl (C=O) groups excluding carboxylic acids is 1. The number of halogens is 3. The zero-order chi connectivity index (χ0) is 17.8. The van der Waals surface area contributed by atoms with Crippen molar-refractivity contribution in [1.82, 2.24) is 4.90 Å². The van der Waals surface area contributed by atoms with E-state index in [0.29, 0.717) is 4.90 Å². The lowest BCUT2D eigenvalue weighted by atomic mass is 10.0. The predicted molar refractivity (Wildman–Crippen MR) is 74.7 cm³/mol. The monoisotopic (exact) mass is 329 g/mol. The van der Waals surface area contributed by atoms with Crippen molar-refractivity contribution in [3.63, 3.8) is 0 Å². The van der Waals surface area contributed by atoms with E-state index in [4.69, 9.17) is 11.5 Å². The maximum atomic E-state index is 12.5. The van der Waals surface area contributed by atoms with Crippen LogP contribution in [-0.2, 0) is 14.3 Å². The van der Waals surface area contributed by atoms with E-state index in [9.17, 15) is 22.8 Å². The molecule has 0 radical (unpaired) electrons. The van der Waals surface area contributed by atoms with Gasteiger partial charge < -0.3 is 5.11 Å². The first-order chi connectivity index (χ1) is 10.5. The summed E-state index contributed by atoms with van der Waals surface area (Å²) in [5.41, 5.74) is -2.04. The first-order valence-electron chi connectivity index (χ1n) is 6.37. The van der Waals surface area contributed by atoms with Gasteiger partial charge in [0.15, 0.2) is 0 Å². The van der Waals surface area contributed by atoms with Crippen LogP contribution in [0.1, 0.15) is 13.8 Å². The van der Waals surface area contributed by atoms with Crippen molar-refractivity contribution in [2.75, 3.05) is 0 Å². The highest BCUT2D eigenvalue weighted by atomic mass is 19.4. The number of allylic oxidation sites excluding steroid dienone is 3. The molecular formula is C15H14F3NO4. The number of carboxylic acids is 1. The number of hydrogen-bond acceptors (Lipinski definition) is 3. The zero-order valence-electron chi connectivity index (χ0n) is 12.3. The summed E-state index contributed by atoms with van der Waals surface area (Å²) in [7, 11) is 0. The minimum absolute atomic E-state index is 0.111. The van der Waals surface area contributed by atoms with E-state index in [0.717, 1.165) is 19.1 Å². The molecule has 0 saturated carbocycles. The minimum Gasteiger partial charge on any atom is -0.480 e. The molecule has 1 unspecified atom stereocenters. The SMILES string of the molecule is C#CC(=O)N(C1=CC(C)(OC(F)(F)F)C=CC=C1)[C@H](C)C(=O)O. The fraction of sp³-hybridized carbons (Fsp3) is 0.333. The van der Waals surface area contributed by atoms with Crippen molar-refractivity contribution in [2.24, 2.45) is 0 Å². The second kappa shape index (κ2) is 6.71. The average molecular weight is 329 g/mol. The molecule has 1 N–H and O–H groups in total. The highest BCUT2D eigenvalue weighted by molar-refractivity contribution is 5.97. The summed E-state index contributed by atoms with van der Waals surface area (Å²) in [6.45, 7) is 2.31. The molecule has 5 nitrogen and oxygen atoms in total. The van der Waals surface area contributed by atoms with Gasteiger partial charge in [-0.25, -0.2) is 4.79 Å². The van der Waals surface area contributed by atoms with Gasteiger partial charge in [0.1, 0.15) is 11.6 Å². The lowest BCUT2D eigenvalue weighted by Gasteiger charge is -2.29.